The second-order valence-corrected chi connectivity index (χ2v) is 11.5. The lowest BCUT2D eigenvalue weighted by atomic mass is 10.1. The Kier molecular flexibility index (Phi) is 7.45. The summed E-state index contributed by atoms with van der Waals surface area (Å²) in [6.45, 7) is 2.30. The van der Waals surface area contributed by atoms with Crippen LogP contribution in [0, 0.1) is 11.6 Å². The van der Waals surface area contributed by atoms with Gasteiger partial charge in [-0.1, -0.05) is 18.0 Å². The number of halogens is 3. The number of rotatable bonds is 6. The Labute approximate surface area is 247 Å². The highest BCUT2D eigenvalue weighted by molar-refractivity contribution is 7.10. The van der Waals surface area contributed by atoms with Gasteiger partial charge in [0.1, 0.15) is 39.5 Å². The molecule has 0 unspecified atom stereocenters. The van der Waals surface area contributed by atoms with Crippen molar-refractivity contribution in [3.63, 3.8) is 0 Å². The number of pyridine rings is 3. The van der Waals surface area contributed by atoms with Gasteiger partial charge in [0, 0.05) is 36.3 Å². The zero-order chi connectivity index (χ0) is 31.1. The summed E-state index contributed by atoms with van der Waals surface area (Å²) in [7, 11) is 0. The highest BCUT2D eigenvalue weighted by atomic mass is 35.5. The van der Waals surface area contributed by atoms with E-state index in [2.05, 4.69) is 15.3 Å². The minimum atomic E-state index is -2.85. The summed E-state index contributed by atoms with van der Waals surface area (Å²) >= 11 is 7.86. The lowest BCUT2D eigenvalue weighted by molar-refractivity contribution is -0.120. The van der Waals surface area contributed by atoms with E-state index in [0.717, 1.165) is 24.8 Å². The molecule has 0 saturated heterocycles. The highest BCUT2D eigenvalue weighted by Crippen LogP contribution is 2.32. The molecule has 0 aliphatic carbocycles. The number of carbonyl (C=O) groups excluding carboxylic acids is 1. The first-order valence-electron chi connectivity index (χ1n) is 14.0. The maximum absolute atomic E-state index is 14.4. The summed E-state index contributed by atoms with van der Waals surface area (Å²) in [5.74, 6) is -2.67. The van der Waals surface area contributed by atoms with E-state index in [9.17, 15) is 18.4 Å². The summed E-state index contributed by atoms with van der Waals surface area (Å²) in [5.41, 5.74) is 0.861. The van der Waals surface area contributed by atoms with Crippen LogP contribution in [0.1, 0.15) is 64.7 Å². The second kappa shape index (κ2) is 11.7. The Hall–Kier alpha value is -3.70. The van der Waals surface area contributed by atoms with Crippen LogP contribution in [0.5, 0.6) is 5.75 Å². The van der Waals surface area contributed by atoms with Crippen molar-refractivity contribution in [2.24, 2.45) is 0 Å². The quantitative estimate of drug-likeness (QED) is 0.295. The van der Waals surface area contributed by atoms with Crippen molar-refractivity contribution in [3.8, 4) is 22.8 Å². The zero-order valence-electron chi connectivity index (χ0n) is 24.6. The Morgan fingerprint density at radius 3 is 2.71 bits per heavy atom. The van der Waals surface area contributed by atoms with E-state index in [0.29, 0.717) is 52.9 Å². The first-order valence-corrected chi connectivity index (χ1v) is 14.2. The van der Waals surface area contributed by atoms with Gasteiger partial charge in [0.15, 0.2) is 5.82 Å². The van der Waals surface area contributed by atoms with Crippen LogP contribution in [0.4, 0.5) is 8.78 Å². The van der Waals surface area contributed by atoms with Crippen LogP contribution in [0.15, 0.2) is 40.8 Å². The number of ether oxygens (including phenoxy) is 1. The summed E-state index contributed by atoms with van der Waals surface area (Å²) in [5, 5.41) is 5.00. The van der Waals surface area contributed by atoms with Crippen molar-refractivity contribution in [2.75, 3.05) is 0 Å². The third kappa shape index (κ3) is 6.15. The minimum absolute atomic E-state index is 0.180. The average molecular weight is 602 g/mol. The molecule has 0 bridgehead atoms. The van der Waals surface area contributed by atoms with Gasteiger partial charge in [-0.25, -0.2) is 13.8 Å². The van der Waals surface area contributed by atoms with Crippen LogP contribution in [0.25, 0.3) is 17.1 Å². The molecule has 1 N–H and O–H groups in total. The molecule has 8 nitrogen and oxygen atoms in total. The smallest absolute Gasteiger partial charge is 0.277 e. The van der Waals surface area contributed by atoms with E-state index < -0.39 is 40.0 Å². The summed E-state index contributed by atoms with van der Waals surface area (Å²) in [6.07, 6.45) is 5.98. The van der Waals surface area contributed by atoms with Crippen LogP contribution in [0.2, 0.25) is 5.02 Å². The van der Waals surface area contributed by atoms with Crippen molar-refractivity contribution < 1.29 is 21.1 Å². The van der Waals surface area contributed by atoms with Gasteiger partial charge in [0.05, 0.1) is 25.9 Å². The third-order valence-corrected chi connectivity index (χ3v) is 8.14. The predicted molar refractivity (Wildman–Crippen MR) is 153 cm³/mol. The number of thiazole rings is 1. The molecule has 0 saturated carbocycles. The molecule has 5 heterocycles. The molecular weight excluding hydrogens is 572 g/mol. The van der Waals surface area contributed by atoms with Gasteiger partial charge in [0.25, 0.3) is 5.56 Å². The highest BCUT2D eigenvalue weighted by Gasteiger charge is 2.26. The first-order chi connectivity index (χ1) is 20.3. The van der Waals surface area contributed by atoms with E-state index in [1.807, 2.05) is 19.2 Å². The van der Waals surface area contributed by atoms with Gasteiger partial charge < -0.3 is 10.1 Å². The molecular formula is C29H28ClF2N5O3S. The second-order valence-electron chi connectivity index (χ2n) is 10.2. The van der Waals surface area contributed by atoms with E-state index in [1.54, 1.807) is 12.3 Å². The van der Waals surface area contributed by atoms with Gasteiger partial charge in [-0.3, -0.25) is 24.1 Å². The number of aromatic nitrogens is 4. The summed E-state index contributed by atoms with van der Waals surface area (Å²) < 4.78 is 51.2. The standard InChI is InChI=1S/C29H28ClF2N5O3S/c1-16(38)36-29(2,3)28-35-23(15-41-28)21-11-24-17(12-33-21)7-5-4-6-8-19-10-25(26(30)27(39)37(19)24)40-14-22-20(32)9-18(31)13-34-22/h9-13,15H,4-8,14H2,1-3H3,(H,36,38)/i14D2. The molecule has 4 aromatic heterocycles. The summed E-state index contributed by atoms with van der Waals surface area (Å²) in [4.78, 5) is 38.3. The number of aryl methyl sites for hydroxylation is 2. The van der Waals surface area contributed by atoms with Crippen molar-refractivity contribution in [2.45, 2.75) is 65.0 Å². The number of carbonyl (C=O) groups is 1. The molecule has 0 spiro atoms. The fourth-order valence-corrected chi connectivity index (χ4v) is 5.78. The number of hydrogen-bond acceptors (Lipinski definition) is 7. The fraction of sp³-hybridized carbons (Fsp3) is 0.345. The summed E-state index contributed by atoms with van der Waals surface area (Å²) in [6, 6.07) is 3.73. The molecule has 1 amide bonds. The normalized spacial score (nSPS) is 14.5. The SMILES string of the molecule is [2H]C([2H])(Oc1cc2n(c(=O)c1Cl)-c1cc(-c3csc(C(C)(C)NC(C)=O)n3)ncc1CCCCC2)c1ncc(F)cc1F. The maximum Gasteiger partial charge on any atom is 0.277 e. The van der Waals surface area contributed by atoms with Crippen LogP contribution >= 0.6 is 22.9 Å². The number of fused-ring (bicyclic) bond motifs is 3. The minimum Gasteiger partial charge on any atom is -0.485 e. The molecule has 0 aromatic carbocycles. The lowest BCUT2D eigenvalue weighted by Gasteiger charge is -2.22. The van der Waals surface area contributed by atoms with E-state index >= 15 is 0 Å². The van der Waals surface area contributed by atoms with E-state index in [4.69, 9.17) is 24.1 Å². The Morgan fingerprint density at radius 2 is 1.95 bits per heavy atom. The number of nitrogens with zero attached hydrogens (tertiary/aromatic N) is 4. The fourth-order valence-electron chi connectivity index (χ4n) is 4.71. The van der Waals surface area contributed by atoms with Crippen LogP contribution in [0.3, 0.4) is 0 Å². The topological polar surface area (TPSA) is 99.0 Å². The Bertz CT molecular complexity index is 1780. The van der Waals surface area contributed by atoms with Gasteiger partial charge in [-0.05, 0) is 51.2 Å². The molecule has 0 fully saturated rings. The molecule has 1 aliphatic heterocycles. The van der Waals surface area contributed by atoms with Crippen molar-refractivity contribution in [1.82, 2.24) is 24.8 Å². The molecule has 214 valence electrons. The number of nitrogens with one attached hydrogen (secondary N) is 1. The monoisotopic (exact) mass is 601 g/mol. The van der Waals surface area contributed by atoms with Crippen LogP contribution in [-0.4, -0.2) is 25.4 Å². The zero-order valence-corrected chi connectivity index (χ0v) is 24.1. The van der Waals surface area contributed by atoms with Crippen molar-refractivity contribution in [3.05, 3.63) is 84.9 Å². The Morgan fingerprint density at radius 1 is 1.17 bits per heavy atom. The average Bonchev–Trinajstić information content (AvgIpc) is 3.44. The molecule has 0 radical (unpaired) electrons. The molecule has 0 atom stereocenters. The van der Waals surface area contributed by atoms with Crippen molar-refractivity contribution in [1.29, 1.82) is 0 Å². The molecule has 4 aromatic rings. The van der Waals surface area contributed by atoms with Gasteiger partial charge >= 0.3 is 0 Å². The number of hydrogen-bond donors (Lipinski definition) is 1. The van der Waals surface area contributed by atoms with Crippen LogP contribution in [-0.2, 0) is 29.7 Å². The predicted octanol–water partition coefficient (Wildman–Crippen LogP) is 5.90. The maximum atomic E-state index is 14.4. The van der Waals surface area contributed by atoms with Crippen LogP contribution < -0.4 is 15.6 Å². The van der Waals surface area contributed by atoms with Gasteiger partial charge in [-0.15, -0.1) is 11.3 Å². The molecule has 5 rings (SSSR count). The van der Waals surface area contributed by atoms with Crippen molar-refractivity contribution >= 4 is 28.8 Å². The van der Waals surface area contributed by atoms with E-state index in [1.165, 1.54) is 28.9 Å². The Balaban J connectivity index is 1.59. The first kappa shape index (κ1) is 26.2. The van der Waals surface area contributed by atoms with Gasteiger partial charge in [-0.2, -0.15) is 0 Å². The lowest BCUT2D eigenvalue weighted by Crippen LogP contribution is -2.39. The van der Waals surface area contributed by atoms with Gasteiger partial charge in [0.2, 0.25) is 5.91 Å². The number of amides is 1. The largest absolute Gasteiger partial charge is 0.485 e. The molecule has 1 aliphatic rings. The van der Waals surface area contributed by atoms with E-state index in [-0.39, 0.29) is 11.7 Å². The molecule has 12 heteroatoms. The third-order valence-electron chi connectivity index (χ3n) is 6.63. The molecule has 41 heavy (non-hydrogen) atoms.